The highest BCUT2D eigenvalue weighted by Crippen LogP contribution is 2.07. The summed E-state index contributed by atoms with van der Waals surface area (Å²) in [4.78, 5) is 21.9. The Morgan fingerprint density at radius 1 is 1.00 bits per heavy atom. The van der Waals surface area contributed by atoms with Gasteiger partial charge in [-0.05, 0) is 45.3 Å². The van der Waals surface area contributed by atoms with Gasteiger partial charge in [0.2, 0.25) is 0 Å². The van der Waals surface area contributed by atoms with Gasteiger partial charge in [0.1, 0.15) is 6.61 Å². The van der Waals surface area contributed by atoms with E-state index < -0.39 is 5.97 Å². The summed E-state index contributed by atoms with van der Waals surface area (Å²) in [7, 11) is 1.67. The predicted octanol–water partition coefficient (Wildman–Crippen LogP) is 2.99. The van der Waals surface area contributed by atoms with Crippen molar-refractivity contribution in [3.05, 3.63) is 35.5 Å². The molecule has 4 nitrogen and oxygen atoms in total. The number of ketones is 1. The van der Waals surface area contributed by atoms with Crippen LogP contribution in [0.2, 0.25) is 0 Å². The van der Waals surface area contributed by atoms with E-state index in [4.69, 9.17) is 9.47 Å². The van der Waals surface area contributed by atoms with Gasteiger partial charge >= 0.3 is 5.97 Å². The summed E-state index contributed by atoms with van der Waals surface area (Å²) in [5.41, 5.74) is 2.27. The molecule has 0 bridgehead atoms. The van der Waals surface area contributed by atoms with Gasteiger partial charge in [-0.25, -0.2) is 4.79 Å². The van der Waals surface area contributed by atoms with Gasteiger partial charge < -0.3 is 9.47 Å². The van der Waals surface area contributed by atoms with Crippen LogP contribution in [0.1, 0.15) is 33.6 Å². The molecule has 0 aromatic rings. The third kappa shape index (κ3) is 11.4. The van der Waals surface area contributed by atoms with E-state index in [1.165, 1.54) is 18.6 Å². The molecular formula is C16H24O4. The van der Waals surface area contributed by atoms with Crippen LogP contribution in [0.15, 0.2) is 35.5 Å². The fraction of sp³-hybridized carbons (Fsp3) is 0.500. The molecule has 0 aliphatic carbocycles. The molecule has 0 aromatic heterocycles. The van der Waals surface area contributed by atoms with Gasteiger partial charge in [-0.15, -0.1) is 0 Å². The second kappa shape index (κ2) is 11.2. The molecule has 0 rings (SSSR count). The topological polar surface area (TPSA) is 52.6 Å². The molecule has 0 aromatic carbocycles. The number of methoxy groups -OCH3 is 1. The van der Waals surface area contributed by atoms with Crippen LogP contribution in [0.4, 0.5) is 0 Å². The molecule has 0 saturated carbocycles. The number of hydrogen-bond acceptors (Lipinski definition) is 4. The Kier molecular flexibility index (Phi) is 10.2. The average Bonchev–Trinajstić information content (AvgIpc) is 2.40. The van der Waals surface area contributed by atoms with E-state index in [9.17, 15) is 9.59 Å². The van der Waals surface area contributed by atoms with Gasteiger partial charge in [0.15, 0.2) is 5.78 Å². The Bertz CT molecular complexity index is 403. The van der Waals surface area contributed by atoms with Crippen LogP contribution in [0.3, 0.4) is 0 Å². The summed E-state index contributed by atoms with van der Waals surface area (Å²) in [5.74, 6) is -0.670. The van der Waals surface area contributed by atoms with Gasteiger partial charge in [-0.1, -0.05) is 17.7 Å². The summed E-state index contributed by atoms with van der Waals surface area (Å²) in [6.45, 7) is 6.25. The maximum atomic E-state index is 11.2. The molecule has 0 aliphatic heterocycles. The molecule has 112 valence electrons. The van der Waals surface area contributed by atoms with Gasteiger partial charge in [0.25, 0.3) is 0 Å². The first kappa shape index (κ1) is 18.3. The molecular weight excluding hydrogens is 256 g/mol. The first-order valence-corrected chi connectivity index (χ1v) is 6.61. The van der Waals surface area contributed by atoms with Crippen molar-refractivity contribution in [1.82, 2.24) is 0 Å². The Morgan fingerprint density at radius 3 is 2.30 bits per heavy atom. The monoisotopic (exact) mass is 280 g/mol. The van der Waals surface area contributed by atoms with Crippen molar-refractivity contribution in [1.29, 1.82) is 0 Å². The summed E-state index contributed by atoms with van der Waals surface area (Å²) in [6.07, 6.45) is 8.30. The maximum absolute atomic E-state index is 11.2. The lowest BCUT2D eigenvalue weighted by atomic mass is 10.1. The second-order valence-corrected chi connectivity index (χ2v) is 4.65. The Hall–Kier alpha value is -1.68. The highest BCUT2D eigenvalue weighted by Gasteiger charge is 1.98. The maximum Gasteiger partial charge on any atom is 0.331 e. The minimum absolute atomic E-state index is 0.174. The van der Waals surface area contributed by atoms with Crippen molar-refractivity contribution in [2.45, 2.75) is 33.6 Å². The number of esters is 1. The molecule has 0 saturated heterocycles. The largest absolute Gasteiger partial charge is 0.458 e. The quantitative estimate of drug-likeness (QED) is 0.370. The summed E-state index contributed by atoms with van der Waals surface area (Å²) in [5, 5.41) is 0. The van der Waals surface area contributed by atoms with Crippen molar-refractivity contribution < 1.29 is 19.1 Å². The number of carbonyl (C=O) groups excluding carboxylic acids is 2. The lowest BCUT2D eigenvalue weighted by Gasteiger charge is -2.03. The van der Waals surface area contributed by atoms with Gasteiger partial charge in [-0.2, -0.15) is 0 Å². The minimum Gasteiger partial charge on any atom is -0.458 e. The average molecular weight is 280 g/mol. The van der Waals surface area contributed by atoms with Crippen LogP contribution in [-0.2, 0) is 19.1 Å². The fourth-order valence-electron chi connectivity index (χ4n) is 1.35. The van der Waals surface area contributed by atoms with Gasteiger partial charge in [0, 0.05) is 13.2 Å². The van der Waals surface area contributed by atoms with Crippen molar-refractivity contribution in [3.8, 4) is 0 Å². The highest BCUT2D eigenvalue weighted by atomic mass is 16.5. The zero-order chi connectivity index (χ0) is 15.4. The molecule has 0 amide bonds. The molecule has 4 heteroatoms. The molecule has 0 spiro atoms. The second-order valence-electron chi connectivity index (χ2n) is 4.65. The molecule has 0 N–H and O–H groups in total. The first-order valence-electron chi connectivity index (χ1n) is 6.61. The smallest absolute Gasteiger partial charge is 0.331 e. The molecule has 0 atom stereocenters. The van der Waals surface area contributed by atoms with Crippen LogP contribution in [0.25, 0.3) is 0 Å². The molecule has 20 heavy (non-hydrogen) atoms. The van der Waals surface area contributed by atoms with Crippen molar-refractivity contribution in [3.63, 3.8) is 0 Å². The molecule has 0 heterocycles. The predicted molar refractivity (Wildman–Crippen MR) is 79.4 cm³/mol. The van der Waals surface area contributed by atoms with Crippen LogP contribution in [0.5, 0.6) is 0 Å². The van der Waals surface area contributed by atoms with Crippen molar-refractivity contribution >= 4 is 11.8 Å². The fourth-order valence-corrected chi connectivity index (χ4v) is 1.35. The van der Waals surface area contributed by atoms with E-state index in [1.54, 1.807) is 7.11 Å². The summed E-state index contributed by atoms with van der Waals surface area (Å²) < 4.78 is 9.96. The third-order valence-electron chi connectivity index (χ3n) is 2.53. The third-order valence-corrected chi connectivity index (χ3v) is 2.53. The minimum atomic E-state index is -0.496. The lowest BCUT2D eigenvalue weighted by Crippen LogP contribution is -2.03. The normalized spacial score (nSPS) is 12.8. The summed E-state index contributed by atoms with van der Waals surface area (Å²) >= 11 is 0. The SMILES string of the molecule is COCC=C(C)CC/C=C(\C)COC(=O)/C=C\C(C)=O. The van der Waals surface area contributed by atoms with Gasteiger partial charge in [0.05, 0.1) is 6.61 Å². The number of ether oxygens (including phenoxy) is 2. The Balaban J connectivity index is 3.97. The molecule has 0 unspecified atom stereocenters. The number of hydrogen-bond donors (Lipinski definition) is 0. The van der Waals surface area contributed by atoms with Crippen molar-refractivity contribution in [2.75, 3.05) is 20.3 Å². The summed E-state index contributed by atoms with van der Waals surface area (Å²) in [6, 6.07) is 0. The standard InChI is InChI=1S/C16H24O4/c1-13(10-11-19-4)6-5-7-14(2)12-20-16(18)9-8-15(3)17/h7-10H,5-6,11-12H2,1-4H3/b9-8-,13-10?,14-7+. The molecule has 0 aliphatic rings. The van der Waals surface area contributed by atoms with Crippen LogP contribution < -0.4 is 0 Å². The van der Waals surface area contributed by atoms with Crippen LogP contribution in [0, 0.1) is 0 Å². The van der Waals surface area contributed by atoms with Crippen LogP contribution in [-0.4, -0.2) is 32.1 Å². The van der Waals surface area contributed by atoms with E-state index in [0.29, 0.717) is 6.61 Å². The van der Waals surface area contributed by atoms with Crippen molar-refractivity contribution in [2.24, 2.45) is 0 Å². The zero-order valence-electron chi connectivity index (χ0n) is 12.8. The Labute approximate surface area is 121 Å². The first-order chi connectivity index (χ1) is 9.45. The Morgan fingerprint density at radius 2 is 1.70 bits per heavy atom. The highest BCUT2D eigenvalue weighted by molar-refractivity contribution is 5.94. The van der Waals surface area contributed by atoms with E-state index >= 15 is 0 Å². The molecule has 0 radical (unpaired) electrons. The van der Waals surface area contributed by atoms with Gasteiger partial charge in [-0.3, -0.25) is 4.79 Å². The zero-order valence-corrected chi connectivity index (χ0v) is 12.8. The van der Waals surface area contributed by atoms with E-state index in [1.807, 2.05) is 13.0 Å². The number of rotatable bonds is 9. The molecule has 0 fully saturated rings. The van der Waals surface area contributed by atoms with E-state index in [0.717, 1.165) is 24.5 Å². The van der Waals surface area contributed by atoms with E-state index in [2.05, 4.69) is 13.0 Å². The van der Waals surface area contributed by atoms with Crippen LogP contribution >= 0.6 is 0 Å². The number of carbonyl (C=O) groups is 2. The van der Waals surface area contributed by atoms with E-state index in [-0.39, 0.29) is 12.4 Å². The lowest BCUT2D eigenvalue weighted by molar-refractivity contribution is -0.137. The number of allylic oxidation sites excluding steroid dienone is 3.